The van der Waals surface area contributed by atoms with Gasteiger partial charge in [-0.2, -0.15) is 0 Å². The third kappa shape index (κ3) is 5.92. The Morgan fingerprint density at radius 3 is 2.38 bits per heavy atom. The average Bonchev–Trinajstić information content (AvgIpc) is 3.39. The first-order valence-electron chi connectivity index (χ1n) is 19.3. The Morgan fingerprint density at radius 2 is 1.64 bits per heavy atom. The molecule has 1 heterocycles. The van der Waals surface area contributed by atoms with E-state index in [1.165, 1.54) is 69.8 Å². The van der Waals surface area contributed by atoms with Crippen LogP contribution in [0, 0.1) is 46.3 Å². The van der Waals surface area contributed by atoms with Crippen molar-refractivity contribution in [1.82, 2.24) is 10.2 Å². The van der Waals surface area contributed by atoms with Crippen molar-refractivity contribution in [2.24, 2.45) is 46.3 Å². The summed E-state index contributed by atoms with van der Waals surface area (Å²) < 4.78 is 0. The first kappa shape index (κ1) is 33.1. The first-order valence-corrected chi connectivity index (χ1v) is 19.3. The minimum absolute atomic E-state index is 0.179. The summed E-state index contributed by atoms with van der Waals surface area (Å²) in [6.45, 7) is 13.1. The fourth-order valence-electron chi connectivity index (χ4n) is 12.3. The molecule has 250 valence electrons. The van der Waals surface area contributed by atoms with E-state index in [0.29, 0.717) is 30.2 Å². The molecule has 0 bridgehead atoms. The molecule has 0 radical (unpaired) electrons. The largest absolute Gasteiger partial charge is 0.351 e. The van der Waals surface area contributed by atoms with Crippen molar-refractivity contribution >= 4 is 11.8 Å². The quantitative estimate of drug-likeness (QED) is 0.285. The van der Waals surface area contributed by atoms with E-state index < -0.39 is 5.54 Å². The SMILES string of the molecule is CC(C)CCC[C@@H](C)[C@H]1CC[C@H]2[C@@H]3CC[C@]4(C(=O)NC5CCCCC5)N(CCc5ccccc5)C(=O)CC[C@]4(C)[C@H]3CC[C@]12C. The van der Waals surface area contributed by atoms with Crippen molar-refractivity contribution in [3.05, 3.63) is 35.9 Å². The van der Waals surface area contributed by atoms with Crippen LogP contribution >= 0.6 is 0 Å². The predicted octanol–water partition coefficient (Wildman–Crippen LogP) is 9.36. The maximum absolute atomic E-state index is 14.9. The second-order valence-electron chi connectivity index (χ2n) is 17.3. The zero-order chi connectivity index (χ0) is 31.8. The van der Waals surface area contributed by atoms with Crippen molar-refractivity contribution in [2.75, 3.05) is 6.54 Å². The second kappa shape index (κ2) is 13.3. The van der Waals surface area contributed by atoms with Crippen LogP contribution in [0.5, 0.6) is 0 Å². The number of benzene rings is 1. The number of nitrogens with zero attached hydrogens (tertiary/aromatic N) is 1. The summed E-state index contributed by atoms with van der Waals surface area (Å²) in [5.41, 5.74) is 0.770. The lowest BCUT2D eigenvalue weighted by Crippen LogP contribution is -2.76. The van der Waals surface area contributed by atoms with E-state index in [9.17, 15) is 9.59 Å². The molecule has 1 aromatic rings. The summed E-state index contributed by atoms with van der Waals surface area (Å²) in [6, 6.07) is 10.8. The van der Waals surface area contributed by atoms with Crippen LogP contribution in [-0.2, 0) is 16.0 Å². The maximum atomic E-state index is 14.9. The molecule has 5 fully saturated rings. The molecular weight excluding hydrogens is 552 g/mol. The number of carbonyl (C=O) groups excluding carboxylic acids is 2. The summed E-state index contributed by atoms with van der Waals surface area (Å²) in [4.78, 5) is 31.1. The van der Waals surface area contributed by atoms with Gasteiger partial charge < -0.3 is 10.2 Å². The summed E-state index contributed by atoms with van der Waals surface area (Å²) in [7, 11) is 0. The lowest BCUT2D eigenvalue weighted by atomic mass is 9.42. The number of fused-ring (bicyclic) bond motifs is 5. The van der Waals surface area contributed by atoms with Crippen LogP contribution in [0.25, 0.3) is 0 Å². The van der Waals surface area contributed by atoms with Crippen molar-refractivity contribution in [2.45, 2.75) is 155 Å². The van der Waals surface area contributed by atoms with E-state index in [2.05, 4.69) is 75.2 Å². The average molecular weight is 617 g/mol. The van der Waals surface area contributed by atoms with Crippen molar-refractivity contribution in [3.8, 4) is 0 Å². The van der Waals surface area contributed by atoms with Gasteiger partial charge in [0.15, 0.2) is 0 Å². The highest BCUT2D eigenvalue weighted by Crippen LogP contribution is 2.69. The van der Waals surface area contributed by atoms with Gasteiger partial charge in [0, 0.05) is 24.4 Å². The predicted molar refractivity (Wildman–Crippen MR) is 185 cm³/mol. The van der Waals surface area contributed by atoms with Crippen LogP contribution in [0.3, 0.4) is 0 Å². The van der Waals surface area contributed by atoms with E-state index in [4.69, 9.17) is 0 Å². The number of amides is 2. The highest BCUT2D eigenvalue weighted by atomic mass is 16.2. The third-order valence-corrected chi connectivity index (χ3v) is 14.6. The van der Waals surface area contributed by atoms with E-state index >= 15 is 0 Å². The molecule has 1 aliphatic heterocycles. The Balaban J connectivity index is 1.28. The van der Waals surface area contributed by atoms with Gasteiger partial charge in [0.2, 0.25) is 11.8 Å². The van der Waals surface area contributed by atoms with Gasteiger partial charge in [-0.15, -0.1) is 0 Å². The smallest absolute Gasteiger partial charge is 0.246 e. The molecule has 2 amide bonds. The van der Waals surface area contributed by atoms with Gasteiger partial charge in [-0.25, -0.2) is 0 Å². The van der Waals surface area contributed by atoms with Gasteiger partial charge in [0.05, 0.1) is 0 Å². The van der Waals surface area contributed by atoms with Crippen molar-refractivity contribution in [1.29, 1.82) is 0 Å². The Labute approximate surface area is 275 Å². The van der Waals surface area contributed by atoms with Gasteiger partial charge in [-0.1, -0.05) is 103 Å². The Hall–Kier alpha value is -1.84. The molecule has 1 aromatic carbocycles. The second-order valence-corrected chi connectivity index (χ2v) is 17.3. The van der Waals surface area contributed by atoms with Crippen LogP contribution in [-0.4, -0.2) is 34.8 Å². The van der Waals surface area contributed by atoms with E-state index in [0.717, 1.165) is 62.2 Å². The molecule has 1 N–H and O–H groups in total. The van der Waals surface area contributed by atoms with Crippen LogP contribution < -0.4 is 5.32 Å². The Morgan fingerprint density at radius 1 is 0.889 bits per heavy atom. The summed E-state index contributed by atoms with van der Waals surface area (Å²) in [5.74, 6) is 4.79. The Bertz CT molecular complexity index is 1180. The van der Waals surface area contributed by atoms with E-state index in [1.54, 1.807) is 0 Å². The molecule has 4 saturated carbocycles. The minimum Gasteiger partial charge on any atom is -0.351 e. The van der Waals surface area contributed by atoms with E-state index in [1.807, 2.05) is 0 Å². The summed E-state index contributed by atoms with van der Waals surface area (Å²) >= 11 is 0. The van der Waals surface area contributed by atoms with Crippen LogP contribution in [0.1, 0.15) is 143 Å². The molecule has 8 atom stereocenters. The molecule has 5 aliphatic rings. The molecule has 0 spiro atoms. The number of nitrogens with one attached hydrogen (secondary N) is 1. The van der Waals surface area contributed by atoms with E-state index in [-0.39, 0.29) is 23.3 Å². The van der Waals surface area contributed by atoms with Gasteiger partial charge in [-0.05, 0) is 111 Å². The zero-order valence-corrected chi connectivity index (χ0v) is 29.4. The topological polar surface area (TPSA) is 49.4 Å². The fourth-order valence-corrected chi connectivity index (χ4v) is 12.3. The maximum Gasteiger partial charge on any atom is 0.246 e. The fraction of sp³-hybridized carbons (Fsp3) is 0.805. The standard InChI is InChI=1S/C41H64N2O2/c1-29(2)13-12-14-30(3)34-19-20-35-33-21-27-41(38(45)42-32-17-10-7-11-18-32)40(5,36(33)22-25-39(34,35)4)26-23-37(44)43(41)28-24-31-15-8-6-9-16-31/h6,8-9,15-16,29-30,32-36H,7,10-14,17-28H2,1-5H3,(H,42,45)/t30-,33+,34-,35+,36+,39-,40-,41-/m1/s1. The molecule has 0 aromatic heterocycles. The summed E-state index contributed by atoms with van der Waals surface area (Å²) in [5, 5.41) is 3.62. The van der Waals surface area contributed by atoms with Crippen LogP contribution in [0.15, 0.2) is 30.3 Å². The van der Waals surface area contributed by atoms with Crippen molar-refractivity contribution < 1.29 is 9.59 Å². The highest BCUT2D eigenvalue weighted by molar-refractivity contribution is 5.94. The normalized spacial score (nSPS) is 37.6. The molecule has 4 heteroatoms. The number of carbonyl (C=O) groups is 2. The zero-order valence-electron chi connectivity index (χ0n) is 29.4. The van der Waals surface area contributed by atoms with Crippen LogP contribution in [0.2, 0.25) is 0 Å². The number of hydrogen-bond acceptors (Lipinski definition) is 2. The molecule has 4 nitrogen and oxygen atoms in total. The molecule has 6 rings (SSSR count). The Kier molecular flexibility index (Phi) is 9.81. The number of likely N-dealkylation sites (tertiary alicyclic amines) is 1. The number of piperidine rings is 1. The van der Waals surface area contributed by atoms with Gasteiger partial charge in [0.25, 0.3) is 0 Å². The lowest BCUT2D eigenvalue weighted by molar-refractivity contribution is -0.196. The molecular formula is C41H64N2O2. The van der Waals surface area contributed by atoms with Crippen molar-refractivity contribution in [3.63, 3.8) is 0 Å². The number of hydrogen-bond donors (Lipinski definition) is 1. The lowest BCUT2D eigenvalue weighted by Gasteiger charge is -2.67. The minimum atomic E-state index is -0.731. The summed E-state index contributed by atoms with van der Waals surface area (Å²) in [6.07, 6.45) is 19.4. The molecule has 45 heavy (non-hydrogen) atoms. The van der Waals surface area contributed by atoms with Gasteiger partial charge in [0.1, 0.15) is 5.54 Å². The van der Waals surface area contributed by atoms with Crippen LogP contribution in [0.4, 0.5) is 0 Å². The monoisotopic (exact) mass is 616 g/mol. The number of rotatable bonds is 10. The van der Waals surface area contributed by atoms with Gasteiger partial charge in [-0.3, -0.25) is 9.59 Å². The molecule has 1 saturated heterocycles. The third-order valence-electron chi connectivity index (χ3n) is 14.6. The molecule has 4 aliphatic carbocycles. The molecule has 0 unspecified atom stereocenters. The van der Waals surface area contributed by atoms with Gasteiger partial charge >= 0.3 is 0 Å². The highest BCUT2D eigenvalue weighted by Gasteiger charge is 2.69. The first-order chi connectivity index (χ1) is 21.6.